The van der Waals surface area contributed by atoms with Crippen molar-refractivity contribution in [2.24, 2.45) is 0 Å². The summed E-state index contributed by atoms with van der Waals surface area (Å²) in [7, 11) is 0. The van der Waals surface area contributed by atoms with Crippen molar-refractivity contribution in [3.63, 3.8) is 0 Å². The molecule has 0 aliphatic carbocycles. The number of rotatable bonds is 4. The van der Waals surface area contributed by atoms with Gasteiger partial charge in [0.15, 0.2) is 5.67 Å². The van der Waals surface area contributed by atoms with E-state index in [1.165, 1.54) is 11.0 Å². The van der Waals surface area contributed by atoms with E-state index in [0.717, 1.165) is 12.1 Å². The Morgan fingerprint density at radius 2 is 2.04 bits per heavy atom. The molecule has 1 aliphatic heterocycles. The summed E-state index contributed by atoms with van der Waals surface area (Å²) < 4.78 is 51.7. The van der Waals surface area contributed by atoms with E-state index < -0.39 is 23.2 Å². The van der Waals surface area contributed by atoms with Crippen LogP contribution in [0.15, 0.2) is 28.8 Å². The number of hydrogen-bond acceptors (Lipinski definition) is 4. The Balaban J connectivity index is 1.77. The van der Waals surface area contributed by atoms with Crippen LogP contribution in [0, 0.1) is 11.6 Å². The van der Waals surface area contributed by atoms with Crippen LogP contribution in [0.3, 0.4) is 0 Å². The predicted molar refractivity (Wildman–Crippen MR) is 77.3 cm³/mol. The van der Waals surface area contributed by atoms with Crippen molar-refractivity contribution in [1.29, 1.82) is 0 Å². The summed E-state index contributed by atoms with van der Waals surface area (Å²) in [6.07, 6.45) is -0.0614. The minimum Gasteiger partial charge on any atom is -0.476 e. The zero-order valence-corrected chi connectivity index (χ0v) is 12.9. The summed E-state index contributed by atoms with van der Waals surface area (Å²) in [5.74, 6) is -2.18. The van der Waals surface area contributed by atoms with Gasteiger partial charge in [0, 0.05) is 19.0 Å². The highest BCUT2D eigenvalue weighted by molar-refractivity contribution is 5.92. The molecule has 8 heteroatoms. The molecule has 1 aliphatic rings. The Hall–Kier alpha value is -2.51. The zero-order valence-electron chi connectivity index (χ0n) is 12.9. The van der Waals surface area contributed by atoms with Gasteiger partial charge in [0.2, 0.25) is 5.76 Å². The average Bonchev–Trinajstić information content (AvgIpc) is 3.14. The van der Waals surface area contributed by atoms with Gasteiger partial charge in [-0.25, -0.2) is 13.2 Å². The third-order valence-corrected chi connectivity index (χ3v) is 3.88. The SMILES string of the molecule is CCOc1cc(C(=O)N2CC[C@@](F)(c3cc(F)cc(F)c3)C2)on1. The van der Waals surface area contributed by atoms with Gasteiger partial charge in [-0.3, -0.25) is 4.79 Å². The van der Waals surface area contributed by atoms with Crippen molar-refractivity contribution in [3.05, 3.63) is 47.2 Å². The fourth-order valence-corrected chi connectivity index (χ4v) is 2.73. The average molecular weight is 340 g/mol. The van der Waals surface area contributed by atoms with E-state index in [4.69, 9.17) is 9.26 Å². The van der Waals surface area contributed by atoms with E-state index in [0.29, 0.717) is 12.7 Å². The number of alkyl halides is 1. The fourth-order valence-electron chi connectivity index (χ4n) is 2.73. The molecule has 1 amide bonds. The molecule has 1 saturated heterocycles. The van der Waals surface area contributed by atoms with E-state index in [2.05, 4.69) is 5.16 Å². The molecule has 0 N–H and O–H groups in total. The van der Waals surface area contributed by atoms with Crippen LogP contribution in [0.5, 0.6) is 5.88 Å². The first kappa shape index (κ1) is 16.4. The molecule has 2 aromatic rings. The minimum atomic E-state index is -2.01. The van der Waals surface area contributed by atoms with Crippen LogP contribution < -0.4 is 4.74 Å². The maximum Gasteiger partial charge on any atom is 0.292 e. The molecule has 128 valence electrons. The Morgan fingerprint density at radius 3 is 2.71 bits per heavy atom. The van der Waals surface area contributed by atoms with Crippen molar-refractivity contribution in [3.8, 4) is 5.88 Å². The summed E-state index contributed by atoms with van der Waals surface area (Å²) in [6.45, 7) is 1.90. The van der Waals surface area contributed by atoms with Gasteiger partial charge in [-0.15, -0.1) is 0 Å². The molecule has 0 saturated carbocycles. The summed E-state index contributed by atoms with van der Waals surface area (Å²) in [4.78, 5) is 13.6. The topological polar surface area (TPSA) is 55.6 Å². The van der Waals surface area contributed by atoms with Crippen LogP contribution in [0.4, 0.5) is 13.2 Å². The molecule has 24 heavy (non-hydrogen) atoms. The Bertz CT molecular complexity index is 745. The smallest absolute Gasteiger partial charge is 0.292 e. The number of likely N-dealkylation sites (tertiary alicyclic amines) is 1. The second kappa shape index (κ2) is 6.18. The predicted octanol–water partition coefficient (Wildman–Crippen LogP) is 3.06. The molecule has 1 aromatic carbocycles. The van der Waals surface area contributed by atoms with Gasteiger partial charge in [0.25, 0.3) is 11.8 Å². The quantitative estimate of drug-likeness (QED) is 0.858. The second-order valence-electron chi connectivity index (χ2n) is 5.56. The zero-order chi connectivity index (χ0) is 17.3. The standard InChI is InChI=1S/C16H15F3N2O3/c1-2-23-14-8-13(24-20-14)15(22)21-4-3-16(19,9-21)10-5-11(17)7-12(18)6-10/h5-8H,2-4,9H2,1H3/t16-/m0/s1. The molecule has 0 bridgehead atoms. The monoisotopic (exact) mass is 340 g/mol. The molecule has 5 nitrogen and oxygen atoms in total. The van der Waals surface area contributed by atoms with Gasteiger partial charge in [-0.05, 0) is 29.8 Å². The van der Waals surface area contributed by atoms with Crippen molar-refractivity contribution < 1.29 is 27.2 Å². The molecule has 1 fully saturated rings. The van der Waals surface area contributed by atoms with E-state index >= 15 is 4.39 Å². The lowest BCUT2D eigenvalue weighted by Gasteiger charge is -2.21. The van der Waals surface area contributed by atoms with E-state index in [1.54, 1.807) is 6.92 Å². The second-order valence-corrected chi connectivity index (χ2v) is 5.56. The third kappa shape index (κ3) is 3.08. The number of carbonyl (C=O) groups is 1. The summed E-state index contributed by atoms with van der Waals surface area (Å²) in [6, 6.07) is 3.89. The first-order chi connectivity index (χ1) is 11.4. The molecular weight excluding hydrogens is 325 g/mol. The highest BCUT2D eigenvalue weighted by Gasteiger charge is 2.43. The van der Waals surface area contributed by atoms with E-state index in [-0.39, 0.29) is 36.7 Å². The number of ether oxygens (including phenoxy) is 1. The largest absolute Gasteiger partial charge is 0.476 e. The molecular formula is C16H15F3N2O3. The first-order valence-electron chi connectivity index (χ1n) is 7.45. The van der Waals surface area contributed by atoms with Gasteiger partial charge in [0.1, 0.15) is 11.6 Å². The Labute approximate surface area is 136 Å². The van der Waals surface area contributed by atoms with Gasteiger partial charge < -0.3 is 14.2 Å². The molecule has 2 heterocycles. The molecule has 1 aromatic heterocycles. The molecule has 0 radical (unpaired) electrons. The van der Waals surface area contributed by atoms with E-state index in [1.807, 2.05) is 0 Å². The van der Waals surface area contributed by atoms with Gasteiger partial charge in [-0.1, -0.05) is 0 Å². The minimum absolute atomic E-state index is 0.0614. The van der Waals surface area contributed by atoms with Crippen LogP contribution in [0.2, 0.25) is 0 Å². The molecule has 0 unspecified atom stereocenters. The summed E-state index contributed by atoms with van der Waals surface area (Å²) in [5, 5.41) is 3.58. The lowest BCUT2D eigenvalue weighted by molar-refractivity contribution is 0.0709. The molecule has 0 spiro atoms. The Kier molecular flexibility index (Phi) is 4.21. The first-order valence-corrected chi connectivity index (χ1v) is 7.45. The van der Waals surface area contributed by atoms with Crippen molar-refractivity contribution >= 4 is 5.91 Å². The van der Waals surface area contributed by atoms with Crippen LogP contribution in [0.25, 0.3) is 0 Å². The van der Waals surface area contributed by atoms with Crippen molar-refractivity contribution in [2.45, 2.75) is 19.0 Å². The number of halogens is 3. The lowest BCUT2D eigenvalue weighted by atomic mass is 9.95. The third-order valence-electron chi connectivity index (χ3n) is 3.88. The normalized spacial score (nSPS) is 20.4. The number of aromatic nitrogens is 1. The van der Waals surface area contributed by atoms with Crippen LogP contribution in [-0.4, -0.2) is 35.7 Å². The highest BCUT2D eigenvalue weighted by atomic mass is 19.1. The molecule has 3 rings (SSSR count). The number of benzene rings is 1. The van der Waals surface area contributed by atoms with Crippen LogP contribution >= 0.6 is 0 Å². The van der Waals surface area contributed by atoms with E-state index in [9.17, 15) is 13.6 Å². The Morgan fingerprint density at radius 1 is 1.33 bits per heavy atom. The summed E-state index contributed by atoms with van der Waals surface area (Å²) in [5.41, 5.74) is -2.13. The number of carbonyl (C=O) groups excluding carboxylic acids is 1. The number of nitrogens with zero attached hydrogens (tertiary/aromatic N) is 2. The van der Waals surface area contributed by atoms with Crippen LogP contribution in [-0.2, 0) is 5.67 Å². The number of hydrogen-bond donors (Lipinski definition) is 0. The molecule has 1 atom stereocenters. The van der Waals surface area contributed by atoms with Crippen molar-refractivity contribution in [1.82, 2.24) is 10.1 Å². The maximum absolute atomic E-state index is 15.1. The van der Waals surface area contributed by atoms with Crippen molar-refractivity contribution in [2.75, 3.05) is 19.7 Å². The number of amides is 1. The highest BCUT2D eigenvalue weighted by Crippen LogP contribution is 2.37. The van der Waals surface area contributed by atoms with Gasteiger partial charge >= 0.3 is 0 Å². The fraction of sp³-hybridized carbons (Fsp3) is 0.375. The van der Waals surface area contributed by atoms with Gasteiger partial charge in [-0.2, -0.15) is 0 Å². The summed E-state index contributed by atoms with van der Waals surface area (Å²) >= 11 is 0. The van der Waals surface area contributed by atoms with Crippen LogP contribution in [0.1, 0.15) is 29.5 Å². The van der Waals surface area contributed by atoms with Gasteiger partial charge in [0.05, 0.1) is 19.2 Å². The maximum atomic E-state index is 15.1. The lowest BCUT2D eigenvalue weighted by Crippen LogP contribution is -2.32.